The fourth-order valence-electron chi connectivity index (χ4n) is 0.827. The van der Waals surface area contributed by atoms with E-state index in [2.05, 4.69) is 4.84 Å². The minimum atomic E-state index is -3.03. The lowest BCUT2D eigenvalue weighted by molar-refractivity contribution is -0.384. The van der Waals surface area contributed by atoms with Crippen LogP contribution in [0.1, 0.15) is 0 Å². The maximum Gasteiger partial charge on any atom is 0.364 e. The van der Waals surface area contributed by atoms with Gasteiger partial charge in [-0.3, -0.25) is 15.6 Å². The summed E-state index contributed by atoms with van der Waals surface area (Å²) in [6, 6.07) is 5.33. The van der Waals surface area contributed by atoms with Gasteiger partial charge < -0.3 is 0 Å². The van der Waals surface area contributed by atoms with Crippen molar-refractivity contribution >= 4 is 11.4 Å². The van der Waals surface area contributed by atoms with Crippen LogP contribution in [-0.2, 0) is 4.84 Å². The zero-order chi connectivity index (χ0) is 10.6. The van der Waals surface area contributed by atoms with Gasteiger partial charge in [-0.1, -0.05) is 12.1 Å². The molecule has 0 spiro atoms. The highest BCUT2D eigenvalue weighted by molar-refractivity contribution is 5.59. The first kappa shape index (κ1) is 10.3. The van der Waals surface area contributed by atoms with Crippen LogP contribution in [0.5, 0.6) is 0 Å². The van der Waals surface area contributed by atoms with Gasteiger partial charge in [-0.05, 0) is 6.07 Å². The Morgan fingerprint density at radius 2 is 2.07 bits per heavy atom. The van der Waals surface area contributed by atoms with Gasteiger partial charge in [0, 0.05) is 6.07 Å². The van der Waals surface area contributed by atoms with Crippen molar-refractivity contribution in [2.75, 3.05) is 5.48 Å². The second kappa shape index (κ2) is 4.47. The second-order valence-corrected chi connectivity index (χ2v) is 2.25. The van der Waals surface area contributed by atoms with Gasteiger partial charge in [0.15, 0.2) is 0 Å². The number of anilines is 1. The summed E-state index contributed by atoms with van der Waals surface area (Å²) < 4.78 is 23.2. The third-order valence-electron chi connectivity index (χ3n) is 1.36. The number of nitrogens with one attached hydrogen (secondary N) is 1. The molecule has 0 saturated carbocycles. The molecule has 1 aromatic carbocycles. The number of nitro benzene ring substituents is 1. The molecule has 0 aliphatic carbocycles. The Kier molecular flexibility index (Phi) is 3.29. The lowest BCUT2D eigenvalue weighted by Crippen LogP contribution is -2.08. The predicted molar refractivity (Wildman–Crippen MR) is 43.8 cm³/mol. The fourth-order valence-corrected chi connectivity index (χ4v) is 0.827. The van der Waals surface area contributed by atoms with Crippen LogP contribution in [-0.4, -0.2) is 11.5 Å². The second-order valence-electron chi connectivity index (χ2n) is 2.25. The van der Waals surface area contributed by atoms with Crippen molar-refractivity contribution < 1.29 is 18.5 Å². The van der Waals surface area contributed by atoms with E-state index in [9.17, 15) is 18.9 Å². The van der Waals surface area contributed by atoms with Crippen LogP contribution in [0.3, 0.4) is 0 Å². The molecule has 76 valence electrons. The van der Waals surface area contributed by atoms with Gasteiger partial charge >= 0.3 is 6.61 Å². The molecule has 0 aromatic heterocycles. The van der Waals surface area contributed by atoms with Gasteiger partial charge in [0.1, 0.15) is 5.69 Å². The fraction of sp³-hybridized carbons (Fsp3) is 0.143. The quantitative estimate of drug-likeness (QED) is 0.602. The van der Waals surface area contributed by atoms with Crippen molar-refractivity contribution in [3.8, 4) is 0 Å². The lowest BCUT2D eigenvalue weighted by Gasteiger charge is -2.05. The molecule has 7 heteroatoms. The van der Waals surface area contributed by atoms with Crippen LogP contribution in [0.15, 0.2) is 24.3 Å². The molecule has 0 unspecified atom stereocenters. The molecule has 14 heavy (non-hydrogen) atoms. The topological polar surface area (TPSA) is 64.4 Å². The minimum absolute atomic E-state index is 0.113. The van der Waals surface area contributed by atoms with E-state index < -0.39 is 11.5 Å². The van der Waals surface area contributed by atoms with E-state index in [-0.39, 0.29) is 11.4 Å². The van der Waals surface area contributed by atoms with E-state index in [0.717, 1.165) is 0 Å². The number of rotatable bonds is 4. The minimum Gasteiger partial charge on any atom is -0.258 e. The average Bonchev–Trinajstić information content (AvgIpc) is 2.15. The standard InChI is InChI=1S/C7H6F2N2O3/c8-7(9)14-10-5-3-1-2-4-6(5)11(12)13/h1-4,7,10H. The number of para-hydroxylation sites is 2. The lowest BCUT2D eigenvalue weighted by atomic mass is 10.3. The summed E-state index contributed by atoms with van der Waals surface area (Å²) in [6.07, 6.45) is 0. The molecule has 0 atom stereocenters. The Hall–Kier alpha value is -1.76. The van der Waals surface area contributed by atoms with Crippen molar-refractivity contribution in [3.05, 3.63) is 34.4 Å². The number of hydrogen-bond acceptors (Lipinski definition) is 4. The van der Waals surface area contributed by atoms with Gasteiger partial charge in [0.2, 0.25) is 0 Å². The zero-order valence-electron chi connectivity index (χ0n) is 6.81. The number of hydrogen-bond donors (Lipinski definition) is 1. The smallest absolute Gasteiger partial charge is 0.258 e. The predicted octanol–water partition coefficient (Wildman–Crippen LogP) is 2.16. The Morgan fingerprint density at radius 3 is 2.64 bits per heavy atom. The van der Waals surface area contributed by atoms with Crippen molar-refractivity contribution in [2.45, 2.75) is 6.61 Å². The first-order valence-corrected chi connectivity index (χ1v) is 3.54. The summed E-state index contributed by atoms with van der Waals surface area (Å²) in [7, 11) is 0. The van der Waals surface area contributed by atoms with Gasteiger partial charge in [-0.15, -0.1) is 0 Å². The summed E-state index contributed by atoms with van der Waals surface area (Å²) in [6.45, 7) is -3.03. The van der Waals surface area contributed by atoms with E-state index >= 15 is 0 Å². The molecule has 0 amide bonds. The van der Waals surface area contributed by atoms with Gasteiger partial charge in [0.25, 0.3) is 5.69 Å². The molecule has 0 aliphatic heterocycles. The zero-order valence-corrected chi connectivity index (χ0v) is 6.81. The molecule has 5 nitrogen and oxygen atoms in total. The van der Waals surface area contributed by atoms with Gasteiger partial charge in [-0.25, -0.2) is 4.84 Å². The highest BCUT2D eigenvalue weighted by Gasteiger charge is 2.13. The van der Waals surface area contributed by atoms with E-state index in [4.69, 9.17) is 0 Å². The van der Waals surface area contributed by atoms with Crippen LogP contribution >= 0.6 is 0 Å². The van der Waals surface area contributed by atoms with Crippen molar-refractivity contribution in [2.24, 2.45) is 0 Å². The van der Waals surface area contributed by atoms with Crippen molar-refractivity contribution in [1.29, 1.82) is 0 Å². The first-order valence-electron chi connectivity index (χ1n) is 3.54. The molecule has 0 fully saturated rings. The molecule has 0 aliphatic rings. The molecule has 1 N–H and O–H groups in total. The maximum absolute atomic E-state index is 11.6. The van der Waals surface area contributed by atoms with E-state index in [1.165, 1.54) is 24.3 Å². The number of alkyl halides is 2. The Labute approximate surface area is 77.4 Å². The third kappa shape index (κ3) is 2.63. The number of halogens is 2. The highest BCUT2D eigenvalue weighted by atomic mass is 19.3. The molecule has 0 heterocycles. The number of benzene rings is 1. The van der Waals surface area contributed by atoms with Crippen LogP contribution in [0.2, 0.25) is 0 Å². The Morgan fingerprint density at radius 1 is 1.43 bits per heavy atom. The largest absolute Gasteiger partial charge is 0.364 e. The molecular weight excluding hydrogens is 198 g/mol. The van der Waals surface area contributed by atoms with Crippen molar-refractivity contribution in [3.63, 3.8) is 0 Å². The van der Waals surface area contributed by atoms with Gasteiger partial charge in [-0.2, -0.15) is 8.78 Å². The van der Waals surface area contributed by atoms with E-state index in [1.54, 1.807) is 5.48 Å². The summed E-state index contributed by atoms with van der Waals surface area (Å²) in [5.41, 5.74) is 1.36. The average molecular weight is 204 g/mol. The first-order chi connectivity index (χ1) is 6.61. The molecule has 0 bridgehead atoms. The molecule has 0 saturated heterocycles. The van der Waals surface area contributed by atoms with Crippen LogP contribution < -0.4 is 5.48 Å². The van der Waals surface area contributed by atoms with Crippen molar-refractivity contribution in [1.82, 2.24) is 0 Å². The van der Waals surface area contributed by atoms with Gasteiger partial charge in [0.05, 0.1) is 4.92 Å². The van der Waals surface area contributed by atoms with Crippen LogP contribution in [0.25, 0.3) is 0 Å². The number of nitro groups is 1. The molecular formula is C7H6F2N2O3. The van der Waals surface area contributed by atoms with E-state index in [1.807, 2.05) is 0 Å². The summed E-state index contributed by atoms with van der Waals surface area (Å²) >= 11 is 0. The summed E-state index contributed by atoms with van der Waals surface area (Å²) in [5.74, 6) is 0. The molecule has 1 aromatic rings. The molecule has 1 rings (SSSR count). The van der Waals surface area contributed by atoms with E-state index in [0.29, 0.717) is 0 Å². The SMILES string of the molecule is O=[N+]([O-])c1ccccc1NOC(F)F. The molecule has 0 radical (unpaired) electrons. The normalized spacial score (nSPS) is 10.2. The summed E-state index contributed by atoms with van der Waals surface area (Å²) in [4.78, 5) is 13.4. The summed E-state index contributed by atoms with van der Waals surface area (Å²) in [5, 5.41) is 10.4. The van der Waals surface area contributed by atoms with Crippen LogP contribution in [0.4, 0.5) is 20.2 Å². The van der Waals surface area contributed by atoms with Crippen LogP contribution in [0, 0.1) is 10.1 Å². The maximum atomic E-state index is 11.6. The Balaban J connectivity index is 2.79. The highest BCUT2D eigenvalue weighted by Crippen LogP contribution is 2.23. The Bertz CT molecular complexity index is 332. The number of nitrogens with zero attached hydrogens (tertiary/aromatic N) is 1. The monoisotopic (exact) mass is 204 g/mol. The third-order valence-corrected chi connectivity index (χ3v) is 1.36.